The number of nitrogens with two attached hydrogens (primary N) is 1. The van der Waals surface area contributed by atoms with E-state index in [1.54, 1.807) is 0 Å². The van der Waals surface area contributed by atoms with Gasteiger partial charge in [0.15, 0.2) is 0 Å². The van der Waals surface area contributed by atoms with Gasteiger partial charge < -0.3 is 11.1 Å². The molecule has 0 saturated heterocycles. The first-order valence-corrected chi connectivity index (χ1v) is 7.11. The van der Waals surface area contributed by atoms with Crippen molar-refractivity contribution in [3.8, 4) is 0 Å². The summed E-state index contributed by atoms with van der Waals surface area (Å²) in [7, 11) is 0. The molecule has 3 N–H and O–H groups in total. The molecule has 2 saturated carbocycles. The van der Waals surface area contributed by atoms with Gasteiger partial charge in [-0.1, -0.05) is 0 Å². The molecule has 0 unspecified atom stereocenters. The maximum absolute atomic E-state index is 5.77. The molecular formula is C11H22N2S. The fourth-order valence-corrected chi connectivity index (χ4v) is 3.34. The Hall–Kier alpha value is 0.270. The van der Waals surface area contributed by atoms with Gasteiger partial charge >= 0.3 is 0 Å². The van der Waals surface area contributed by atoms with Crippen molar-refractivity contribution < 1.29 is 0 Å². The number of thioether (sulfide) groups is 1. The van der Waals surface area contributed by atoms with E-state index in [0.717, 1.165) is 17.3 Å². The average Bonchev–Trinajstić information content (AvgIpc) is 2.17. The second kappa shape index (κ2) is 4.86. The van der Waals surface area contributed by atoms with E-state index in [4.69, 9.17) is 5.73 Å². The van der Waals surface area contributed by atoms with E-state index in [1.165, 1.54) is 38.5 Å². The van der Waals surface area contributed by atoms with E-state index in [-0.39, 0.29) is 0 Å². The Labute approximate surface area is 91.4 Å². The van der Waals surface area contributed by atoms with Gasteiger partial charge in [0.05, 0.1) is 0 Å². The third kappa shape index (κ3) is 2.65. The molecule has 0 aromatic carbocycles. The van der Waals surface area contributed by atoms with Gasteiger partial charge in [-0.05, 0) is 44.8 Å². The van der Waals surface area contributed by atoms with Crippen LogP contribution in [-0.2, 0) is 0 Å². The second-order valence-electron chi connectivity index (χ2n) is 4.80. The summed E-state index contributed by atoms with van der Waals surface area (Å²) < 4.78 is 0. The SMILES string of the molecule is CSC1CCC(NC2CC(N)C2)CC1. The average molecular weight is 214 g/mol. The van der Waals surface area contributed by atoms with E-state index < -0.39 is 0 Å². The van der Waals surface area contributed by atoms with E-state index in [0.29, 0.717) is 6.04 Å². The van der Waals surface area contributed by atoms with E-state index >= 15 is 0 Å². The third-order valence-electron chi connectivity index (χ3n) is 3.65. The quantitative estimate of drug-likeness (QED) is 0.751. The van der Waals surface area contributed by atoms with Crippen LogP contribution in [0.4, 0.5) is 0 Å². The molecule has 0 aromatic heterocycles. The van der Waals surface area contributed by atoms with Crippen molar-refractivity contribution in [2.24, 2.45) is 5.73 Å². The van der Waals surface area contributed by atoms with Gasteiger partial charge in [-0.25, -0.2) is 0 Å². The molecule has 0 amide bonds. The zero-order chi connectivity index (χ0) is 9.97. The molecule has 0 aliphatic heterocycles. The zero-order valence-corrected chi connectivity index (χ0v) is 9.85. The molecule has 0 heterocycles. The van der Waals surface area contributed by atoms with Gasteiger partial charge in [-0.2, -0.15) is 11.8 Å². The lowest BCUT2D eigenvalue weighted by Crippen LogP contribution is -2.52. The van der Waals surface area contributed by atoms with Crippen molar-refractivity contribution >= 4 is 11.8 Å². The van der Waals surface area contributed by atoms with Crippen molar-refractivity contribution in [1.82, 2.24) is 5.32 Å². The van der Waals surface area contributed by atoms with Crippen molar-refractivity contribution in [3.05, 3.63) is 0 Å². The highest BCUT2D eigenvalue weighted by Crippen LogP contribution is 2.28. The lowest BCUT2D eigenvalue weighted by Gasteiger charge is -2.38. The molecule has 82 valence electrons. The minimum absolute atomic E-state index is 0.482. The summed E-state index contributed by atoms with van der Waals surface area (Å²) >= 11 is 2.04. The second-order valence-corrected chi connectivity index (χ2v) is 5.94. The molecule has 0 radical (unpaired) electrons. The molecule has 3 heteroatoms. The summed E-state index contributed by atoms with van der Waals surface area (Å²) in [4.78, 5) is 0. The van der Waals surface area contributed by atoms with E-state index in [1.807, 2.05) is 11.8 Å². The smallest absolute Gasteiger partial charge is 0.00991 e. The monoisotopic (exact) mass is 214 g/mol. The molecule has 2 aliphatic rings. The van der Waals surface area contributed by atoms with Gasteiger partial charge in [0, 0.05) is 23.4 Å². The number of hydrogen-bond donors (Lipinski definition) is 2. The molecule has 2 nitrogen and oxygen atoms in total. The standard InChI is InChI=1S/C11H22N2S/c1-14-11-4-2-9(3-5-11)13-10-6-8(12)7-10/h8-11,13H,2-7,12H2,1H3. The normalized spacial score (nSPS) is 43.3. The summed E-state index contributed by atoms with van der Waals surface area (Å²) in [6.07, 6.45) is 10.2. The highest BCUT2D eigenvalue weighted by atomic mass is 32.2. The van der Waals surface area contributed by atoms with Gasteiger partial charge in [-0.3, -0.25) is 0 Å². The molecule has 0 spiro atoms. The van der Waals surface area contributed by atoms with Crippen LogP contribution in [0.2, 0.25) is 0 Å². The van der Waals surface area contributed by atoms with Crippen LogP contribution in [-0.4, -0.2) is 29.6 Å². The highest BCUT2D eigenvalue weighted by Gasteiger charge is 2.29. The highest BCUT2D eigenvalue weighted by molar-refractivity contribution is 7.99. The van der Waals surface area contributed by atoms with Crippen LogP contribution < -0.4 is 11.1 Å². The third-order valence-corrected chi connectivity index (χ3v) is 4.79. The summed E-state index contributed by atoms with van der Waals surface area (Å²) in [6, 6.07) is 2.01. The van der Waals surface area contributed by atoms with Crippen LogP contribution in [0.15, 0.2) is 0 Å². The van der Waals surface area contributed by atoms with Crippen molar-refractivity contribution in [3.63, 3.8) is 0 Å². The first-order chi connectivity index (χ1) is 6.78. The molecule has 0 aromatic rings. The fourth-order valence-electron chi connectivity index (χ4n) is 2.60. The maximum atomic E-state index is 5.77. The fraction of sp³-hybridized carbons (Fsp3) is 1.00. The lowest BCUT2D eigenvalue weighted by atomic mass is 9.85. The Morgan fingerprint density at radius 3 is 2.21 bits per heavy atom. The van der Waals surface area contributed by atoms with Crippen LogP contribution >= 0.6 is 11.8 Å². The summed E-state index contributed by atoms with van der Waals surface area (Å²) in [5.41, 5.74) is 5.77. The topological polar surface area (TPSA) is 38.0 Å². The summed E-state index contributed by atoms with van der Waals surface area (Å²) in [5, 5.41) is 4.67. The Morgan fingerprint density at radius 1 is 1.07 bits per heavy atom. The van der Waals surface area contributed by atoms with Gasteiger partial charge in [0.1, 0.15) is 0 Å². The molecule has 0 atom stereocenters. The van der Waals surface area contributed by atoms with Crippen molar-refractivity contribution in [1.29, 1.82) is 0 Å². The minimum atomic E-state index is 0.482. The maximum Gasteiger partial charge on any atom is 0.00991 e. The minimum Gasteiger partial charge on any atom is -0.328 e. The van der Waals surface area contributed by atoms with E-state index in [2.05, 4.69) is 11.6 Å². The van der Waals surface area contributed by atoms with Crippen LogP contribution in [0, 0.1) is 0 Å². The number of hydrogen-bond acceptors (Lipinski definition) is 3. The summed E-state index contributed by atoms with van der Waals surface area (Å²) in [6.45, 7) is 0. The van der Waals surface area contributed by atoms with Crippen molar-refractivity contribution in [2.75, 3.05) is 6.26 Å². The Bertz CT molecular complexity index is 172. The molecular weight excluding hydrogens is 192 g/mol. The molecule has 2 aliphatic carbocycles. The van der Waals surface area contributed by atoms with Crippen LogP contribution in [0.5, 0.6) is 0 Å². The van der Waals surface area contributed by atoms with E-state index in [9.17, 15) is 0 Å². The first kappa shape index (κ1) is 10.8. The van der Waals surface area contributed by atoms with Crippen molar-refractivity contribution in [2.45, 2.75) is 61.9 Å². The number of nitrogens with one attached hydrogen (secondary N) is 1. The largest absolute Gasteiger partial charge is 0.328 e. The van der Waals surface area contributed by atoms with Gasteiger partial charge in [0.25, 0.3) is 0 Å². The van der Waals surface area contributed by atoms with Gasteiger partial charge in [-0.15, -0.1) is 0 Å². The number of rotatable bonds is 3. The van der Waals surface area contributed by atoms with Gasteiger partial charge in [0.2, 0.25) is 0 Å². The zero-order valence-electron chi connectivity index (χ0n) is 9.04. The predicted molar refractivity (Wildman–Crippen MR) is 63.7 cm³/mol. The summed E-state index contributed by atoms with van der Waals surface area (Å²) in [5.74, 6) is 0. The Morgan fingerprint density at radius 2 is 1.71 bits per heavy atom. The lowest BCUT2D eigenvalue weighted by molar-refractivity contribution is 0.241. The molecule has 0 bridgehead atoms. The predicted octanol–water partition coefficient (Wildman–Crippen LogP) is 1.74. The Balaban J connectivity index is 1.64. The van der Waals surface area contributed by atoms with Crippen LogP contribution in [0.25, 0.3) is 0 Å². The van der Waals surface area contributed by atoms with Crippen LogP contribution in [0.1, 0.15) is 38.5 Å². The van der Waals surface area contributed by atoms with Crippen LogP contribution in [0.3, 0.4) is 0 Å². The Kier molecular flexibility index (Phi) is 3.74. The first-order valence-electron chi connectivity index (χ1n) is 5.82. The molecule has 2 rings (SSSR count). The molecule has 2 fully saturated rings. The molecule has 14 heavy (non-hydrogen) atoms.